The molecule has 0 aliphatic carbocycles. The van der Waals surface area contributed by atoms with Gasteiger partial charge < -0.3 is 5.32 Å². The van der Waals surface area contributed by atoms with Gasteiger partial charge >= 0.3 is 0 Å². The monoisotopic (exact) mass is 198 g/mol. The molecule has 0 bridgehead atoms. The summed E-state index contributed by atoms with van der Waals surface area (Å²) >= 11 is 1.90. The van der Waals surface area contributed by atoms with E-state index in [-0.39, 0.29) is 5.91 Å². The first-order chi connectivity index (χ1) is 6.09. The van der Waals surface area contributed by atoms with Gasteiger partial charge in [0.25, 0.3) is 5.91 Å². The van der Waals surface area contributed by atoms with Gasteiger partial charge in [0.05, 0.1) is 5.25 Å². The summed E-state index contributed by atoms with van der Waals surface area (Å²) in [4.78, 5) is 15.8. The predicted octanol–water partition coefficient (Wildman–Crippen LogP) is 1.19. The Labute approximate surface area is 82.4 Å². The number of carbonyl (C=O) groups excluding carboxylic acids is 1. The van der Waals surface area contributed by atoms with Crippen molar-refractivity contribution in [2.75, 3.05) is 5.75 Å². The Morgan fingerprint density at radius 1 is 1.62 bits per heavy atom. The Hall–Kier alpha value is -0.510. The first-order valence-electron chi connectivity index (χ1n) is 4.62. The Bertz CT molecular complexity index is 267. The second kappa shape index (κ2) is 3.01. The Balaban J connectivity index is 2.13. The lowest BCUT2D eigenvalue weighted by molar-refractivity contribution is -0.122. The molecule has 0 aromatic heterocycles. The Morgan fingerprint density at radius 3 is 2.85 bits per heavy atom. The quantitative estimate of drug-likeness (QED) is 0.687. The highest BCUT2D eigenvalue weighted by molar-refractivity contribution is 8.00. The van der Waals surface area contributed by atoms with Crippen LogP contribution in [0, 0.1) is 0 Å². The fourth-order valence-corrected chi connectivity index (χ4v) is 2.82. The SMILES string of the molecule is CC1(C)N=C(C2CCCS2)NC1=O. The molecule has 2 aliphatic heterocycles. The number of aliphatic imine (C=N–C) groups is 1. The van der Waals surface area contributed by atoms with Crippen molar-refractivity contribution in [3.05, 3.63) is 0 Å². The third kappa shape index (κ3) is 1.59. The largest absolute Gasteiger partial charge is 0.311 e. The van der Waals surface area contributed by atoms with E-state index in [1.807, 2.05) is 25.6 Å². The Kier molecular flexibility index (Phi) is 2.10. The molecule has 0 aromatic rings. The van der Waals surface area contributed by atoms with Gasteiger partial charge in [0.1, 0.15) is 11.4 Å². The van der Waals surface area contributed by atoms with E-state index in [4.69, 9.17) is 0 Å². The maximum absolute atomic E-state index is 11.4. The van der Waals surface area contributed by atoms with E-state index in [2.05, 4.69) is 10.3 Å². The third-order valence-electron chi connectivity index (χ3n) is 2.43. The second-order valence-electron chi connectivity index (χ2n) is 4.01. The minimum Gasteiger partial charge on any atom is -0.311 e. The maximum Gasteiger partial charge on any atom is 0.252 e. The molecule has 0 spiro atoms. The molecule has 1 saturated heterocycles. The zero-order valence-corrected chi connectivity index (χ0v) is 8.78. The molecule has 1 amide bonds. The summed E-state index contributed by atoms with van der Waals surface area (Å²) in [5.74, 6) is 2.13. The van der Waals surface area contributed by atoms with Crippen molar-refractivity contribution in [1.82, 2.24) is 5.32 Å². The number of thioether (sulfide) groups is 1. The maximum atomic E-state index is 11.4. The topological polar surface area (TPSA) is 41.5 Å². The van der Waals surface area contributed by atoms with Crippen LogP contribution in [0.4, 0.5) is 0 Å². The highest BCUT2D eigenvalue weighted by Gasteiger charge is 2.37. The normalized spacial score (nSPS) is 31.7. The average Bonchev–Trinajstić information content (AvgIpc) is 2.60. The number of nitrogens with zero attached hydrogens (tertiary/aromatic N) is 1. The lowest BCUT2D eigenvalue weighted by Crippen LogP contribution is -2.36. The molecule has 0 saturated carbocycles. The molecule has 2 rings (SSSR count). The molecule has 1 N–H and O–H groups in total. The van der Waals surface area contributed by atoms with Crippen LogP contribution in [0.3, 0.4) is 0 Å². The summed E-state index contributed by atoms with van der Waals surface area (Å²) < 4.78 is 0. The lowest BCUT2D eigenvalue weighted by atomic mass is 10.1. The first kappa shape index (κ1) is 9.06. The van der Waals surface area contributed by atoms with Crippen molar-refractivity contribution in [3.63, 3.8) is 0 Å². The van der Waals surface area contributed by atoms with E-state index in [0.29, 0.717) is 5.25 Å². The van der Waals surface area contributed by atoms with E-state index >= 15 is 0 Å². The average molecular weight is 198 g/mol. The molecule has 4 heteroatoms. The van der Waals surface area contributed by atoms with E-state index in [9.17, 15) is 4.79 Å². The molecule has 1 unspecified atom stereocenters. The highest BCUT2D eigenvalue weighted by atomic mass is 32.2. The molecule has 0 radical (unpaired) electrons. The summed E-state index contributed by atoms with van der Waals surface area (Å²) in [6.07, 6.45) is 2.39. The number of hydrogen-bond donors (Lipinski definition) is 1. The van der Waals surface area contributed by atoms with Crippen LogP contribution >= 0.6 is 11.8 Å². The van der Waals surface area contributed by atoms with Crippen LogP contribution in [0.25, 0.3) is 0 Å². The minimum atomic E-state index is -0.543. The van der Waals surface area contributed by atoms with Crippen LogP contribution in [0.15, 0.2) is 4.99 Å². The predicted molar refractivity (Wildman–Crippen MR) is 55.1 cm³/mol. The number of amides is 1. The molecule has 1 atom stereocenters. The summed E-state index contributed by atoms with van der Waals surface area (Å²) in [5, 5.41) is 3.31. The Morgan fingerprint density at radius 2 is 2.38 bits per heavy atom. The fraction of sp³-hybridized carbons (Fsp3) is 0.778. The van der Waals surface area contributed by atoms with Crippen molar-refractivity contribution >= 4 is 23.5 Å². The van der Waals surface area contributed by atoms with E-state index in [1.54, 1.807) is 0 Å². The van der Waals surface area contributed by atoms with Gasteiger partial charge in [-0.3, -0.25) is 9.79 Å². The fourth-order valence-electron chi connectivity index (χ4n) is 1.59. The highest BCUT2D eigenvalue weighted by Crippen LogP contribution is 2.29. The van der Waals surface area contributed by atoms with Crippen molar-refractivity contribution in [3.8, 4) is 0 Å². The lowest BCUT2D eigenvalue weighted by Gasteiger charge is -2.07. The summed E-state index contributed by atoms with van der Waals surface area (Å²) in [7, 11) is 0. The van der Waals surface area contributed by atoms with Crippen molar-refractivity contribution in [1.29, 1.82) is 0 Å². The van der Waals surface area contributed by atoms with Gasteiger partial charge in [-0.2, -0.15) is 11.8 Å². The van der Waals surface area contributed by atoms with E-state index < -0.39 is 5.54 Å². The summed E-state index contributed by atoms with van der Waals surface area (Å²) in [6, 6.07) is 0. The summed E-state index contributed by atoms with van der Waals surface area (Å²) in [5.41, 5.74) is -0.543. The molecule has 2 aliphatic rings. The van der Waals surface area contributed by atoms with Crippen LogP contribution in [0.5, 0.6) is 0 Å². The third-order valence-corrected chi connectivity index (χ3v) is 3.82. The van der Waals surface area contributed by atoms with Crippen LogP contribution in [0.1, 0.15) is 26.7 Å². The summed E-state index contributed by atoms with van der Waals surface area (Å²) in [6.45, 7) is 3.71. The molecule has 3 nitrogen and oxygen atoms in total. The van der Waals surface area contributed by atoms with Crippen molar-refractivity contribution < 1.29 is 4.79 Å². The smallest absolute Gasteiger partial charge is 0.252 e. The van der Waals surface area contributed by atoms with Crippen LogP contribution in [0.2, 0.25) is 0 Å². The molecular weight excluding hydrogens is 184 g/mol. The molecule has 72 valence electrons. The standard InChI is InChI=1S/C9H14N2OS/c1-9(2)8(12)10-7(11-9)6-4-3-5-13-6/h6H,3-5H2,1-2H3,(H,10,11,12). The van der Waals surface area contributed by atoms with E-state index in [1.165, 1.54) is 12.2 Å². The number of amidine groups is 1. The van der Waals surface area contributed by atoms with Crippen LogP contribution in [-0.2, 0) is 4.79 Å². The van der Waals surface area contributed by atoms with Gasteiger partial charge in [0.15, 0.2) is 0 Å². The van der Waals surface area contributed by atoms with Crippen molar-refractivity contribution in [2.24, 2.45) is 4.99 Å². The van der Waals surface area contributed by atoms with Gasteiger partial charge in [-0.05, 0) is 32.4 Å². The van der Waals surface area contributed by atoms with E-state index in [0.717, 1.165) is 12.3 Å². The van der Waals surface area contributed by atoms with Crippen LogP contribution < -0.4 is 5.32 Å². The molecule has 2 heterocycles. The first-order valence-corrected chi connectivity index (χ1v) is 5.67. The van der Waals surface area contributed by atoms with Gasteiger partial charge in [0.2, 0.25) is 0 Å². The number of carbonyl (C=O) groups is 1. The molecule has 13 heavy (non-hydrogen) atoms. The molecular formula is C9H14N2OS. The van der Waals surface area contributed by atoms with Crippen molar-refractivity contribution in [2.45, 2.75) is 37.5 Å². The van der Waals surface area contributed by atoms with Gasteiger partial charge in [-0.1, -0.05) is 0 Å². The molecule has 1 fully saturated rings. The van der Waals surface area contributed by atoms with Gasteiger partial charge in [-0.15, -0.1) is 0 Å². The molecule has 0 aromatic carbocycles. The number of hydrogen-bond acceptors (Lipinski definition) is 3. The zero-order chi connectivity index (χ0) is 9.47. The van der Waals surface area contributed by atoms with Gasteiger partial charge in [-0.25, -0.2) is 0 Å². The minimum absolute atomic E-state index is 0.0370. The number of nitrogens with one attached hydrogen (secondary N) is 1. The second-order valence-corrected chi connectivity index (χ2v) is 5.32. The van der Waals surface area contributed by atoms with Gasteiger partial charge in [0, 0.05) is 0 Å². The number of rotatable bonds is 1. The van der Waals surface area contributed by atoms with Crippen LogP contribution in [-0.4, -0.2) is 28.3 Å². The zero-order valence-electron chi connectivity index (χ0n) is 7.96.